The molecule has 0 aliphatic rings. The zero-order valence-corrected chi connectivity index (χ0v) is 10.7. The molecule has 0 unspecified atom stereocenters. The molecule has 2 N–H and O–H groups in total. The van der Waals surface area contributed by atoms with Gasteiger partial charge in [0.15, 0.2) is 0 Å². The molecule has 0 saturated carbocycles. The van der Waals surface area contributed by atoms with Gasteiger partial charge in [-0.1, -0.05) is 12.1 Å². The Balaban J connectivity index is 1.88. The molecule has 0 saturated heterocycles. The molecule has 0 radical (unpaired) electrons. The van der Waals surface area contributed by atoms with E-state index in [1.807, 2.05) is 0 Å². The van der Waals surface area contributed by atoms with E-state index in [1.54, 1.807) is 35.3 Å². The van der Waals surface area contributed by atoms with Crippen LogP contribution in [0.3, 0.4) is 0 Å². The minimum Gasteiger partial charge on any atom is -0.481 e. The lowest BCUT2D eigenvalue weighted by atomic mass is 10.1. The van der Waals surface area contributed by atoms with Crippen LogP contribution in [0.15, 0.2) is 36.9 Å². The molecule has 0 spiro atoms. The van der Waals surface area contributed by atoms with E-state index in [-0.39, 0.29) is 18.7 Å². The third kappa shape index (κ3) is 4.20. The fourth-order valence-electron chi connectivity index (χ4n) is 1.72. The quantitative estimate of drug-likeness (QED) is 0.816. The summed E-state index contributed by atoms with van der Waals surface area (Å²) in [5.41, 5.74) is 1.24. The smallest absolute Gasteiger partial charge is 0.307 e. The van der Waals surface area contributed by atoms with E-state index in [1.165, 1.54) is 6.33 Å². The summed E-state index contributed by atoms with van der Waals surface area (Å²) in [6.45, 7) is 0.445. The van der Waals surface area contributed by atoms with E-state index in [0.717, 1.165) is 0 Å². The van der Waals surface area contributed by atoms with Gasteiger partial charge in [0.25, 0.3) is 0 Å². The van der Waals surface area contributed by atoms with Gasteiger partial charge in [-0.15, -0.1) is 0 Å². The van der Waals surface area contributed by atoms with Gasteiger partial charge in [0, 0.05) is 12.1 Å². The summed E-state index contributed by atoms with van der Waals surface area (Å²) in [6, 6.07) is 6.80. The fourth-order valence-corrected chi connectivity index (χ4v) is 1.72. The van der Waals surface area contributed by atoms with Crippen molar-refractivity contribution in [3.8, 4) is 0 Å². The Labute approximate surface area is 115 Å². The maximum atomic E-state index is 11.8. The average molecular weight is 274 g/mol. The molecule has 1 aromatic heterocycles. The number of carboxylic acid groups (broad SMARTS) is 1. The molecule has 0 bridgehead atoms. The van der Waals surface area contributed by atoms with Crippen molar-refractivity contribution in [3.05, 3.63) is 42.5 Å². The highest BCUT2D eigenvalue weighted by atomic mass is 16.4. The Morgan fingerprint density at radius 2 is 2.20 bits per heavy atom. The lowest BCUT2D eigenvalue weighted by Crippen LogP contribution is -2.15. The number of rotatable bonds is 6. The van der Waals surface area contributed by atoms with Gasteiger partial charge in [-0.3, -0.25) is 14.3 Å². The first kappa shape index (κ1) is 13.7. The molecular formula is C13H14N4O3. The molecule has 20 heavy (non-hydrogen) atoms. The first-order valence-electron chi connectivity index (χ1n) is 6.06. The van der Waals surface area contributed by atoms with Crippen LogP contribution in [-0.2, 0) is 22.6 Å². The summed E-state index contributed by atoms with van der Waals surface area (Å²) in [5, 5.41) is 15.4. The fraction of sp³-hybridized carbons (Fsp3) is 0.231. The van der Waals surface area contributed by atoms with Crippen LogP contribution >= 0.6 is 0 Å². The zero-order chi connectivity index (χ0) is 14.4. The minimum atomic E-state index is -0.903. The largest absolute Gasteiger partial charge is 0.481 e. The van der Waals surface area contributed by atoms with Gasteiger partial charge in [0.1, 0.15) is 12.7 Å². The van der Waals surface area contributed by atoms with E-state index in [9.17, 15) is 9.59 Å². The number of hydrogen-bond acceptors (Lipinski definition) is 4. The van der Waals surface area contributed by atoms with Crippen molar-refractivity contribution in [2.24, 2.45) is 0 Å². The predicted octanol–water partition coefficient (Wildman–Crippen LogP) is 0.934. The lowest BCUT2D eigenvalue weighted by Gasteiger charge is -2.06. The standard InChI is InChI=1S/C13H14N4O3/c18-12(4-5-17-9-14-8-15-17)16-11-3-1-2-10(6-11)7-13(19)20/h1-3,6,8-9H,4-5,7H2,(H,16,18)(H,19,20). The number of carbonyl (C=O) groups excluding carboxylic acids is 1. The van der Waals surface area contributed by atoms with E-state index in [2.05, 4.69) is 15.4 Å². The normalized spacial score (nSPS) is 10.2. The van der Waals surface area contributed by atoms with Crippen molar-refractivity contribution in [2.45, 2.75) is 19.4 Å². The summed E-state index contributed by atoms with van der Waals surface area (Å²) in [7, 11) is 0. The molecular weight excluding hydrogens is 260 g/mol. The maximum absolute atomic E-state index is 11.8. The molecule has 2 aromatic rings. The van der Waals surface area contributed by atoms with Crippen LogP contribution in [0.4, 0.5) is 5.69 Å². The molecule has 2 rings (SSSR count). The molecule has 0 fully saturated rings. The van der Waals surface area contributed by atoms with E-state index >= 15 is 0 Å². The van der Waals surface area contributed by atoms with Crippen molar-refractivity contribution >= 4 is 17.6 Å². The number of benzene rings is 1. The Morgan fingerprint density at radius 3 is 2.90 bits per heavy atom. The van der Waals surface area contributed by atoms with Crippen LogP contribution in [0.1, 0.15) is 12.0 Å². The van der Waals surface area contributed by atoms with Crippen molar-refractivity contribution in [3.63, 3.8) is 0 Å². The third-order valence-electron chi connectivity index (χ3n) is 2.60. The molecule has 0 aliphatic carbocycles. The van der Waals surface area contributed by atoms with Gasteiger partial charge in [-0.25, -0.2) is 4.98 Å². The van der Waals surface area contributed by atoms with Crippen LogP contribution in [-0.4, -0.2) is 31.7 Å². The number of anilines is 1. The van der Waals surface area contributed by atoms with E-state index < -0.39 is 5.97 Å². The average Bonchev–Trinajstić information content (AvgIpc) is 2.89. The molecule has 0 atom stereocenters. The Kier molecular flexibility index (Phi) is 4.43. The van der Waals surface area contributed by atoms with Crippen molar-refractivity contribution in [1.29, 1.82) is 0 Å². The van der Waals surface area contributed by atoms with Gasteiger partial charge in [-0.2, -0.15) is 5.10 Å². The Hall–Kier alpha value is -2.70. The number of nitrogens with one attached hydrogen (secondary N) is 1. The Bertz CT molecular complexity index is 595. The number of aromatic nitrogens is 3. The topological polar surface area (TPSA) is 97.1 Å². The Morgan fingerprint density at radius 1 is 1.35 bits per heavy atom. The van der Waals surface area contributed by atoms with Crippen LogP contribution < -0.4 is 5.32 Å². The maximum Gasteiger partial charge on any atom is 0.307 e. The third-order valence-corrected chi connectivity index (χ3v) is 2.60. The highest BCUT2D eigenvalue weighted by Crippen LogP contribution is 2.11. The number of aryl methyl sites for hydroxylation is 1. The van der Waals surface area contributed by atoms with Gasteiger partial charge in [0.05, 0.1) is 13.0 Å². The number of carbonyl (C=O) groups is 2. The van der Waals surface area contributed by atoms with Crippen molar-refractivity contribution < 1.29 is 14.7 Å². The number of hydrogen-bond donors (Lipinski definition) is 2. The summed E-state index contributed by atoms with van der Waals surface area (Å²) < 4.78 is 1.57. The molecule has 104 valence electrons. The highest BCUT2D eigenvalue weighted by Gasteiger charge is 2.05. The lowest BCUT2D eigenvalue weighted by molar-refractivity contribution is -0.136. The molecule has 1 amide bonds. The van der Waals surface area contributed by atoms with Gasteiger partial charge < -0.3 is 10.4 Å². The number of nitrogens with zero attached hydrogens (tertiary/aromatic N) is 3. The minimum absolute atomic E-state index is 0.0668. The molecule has 7 nitrogen and oxygen atoms in total. The second-order valence-electron chi connectivity index (χ2n) is 4.23. The van der Waals surface area contributed by atoms with Crippen LogP contribution in [0.5, 0.6) is 0 Å². The van der Waals surface area contributed by atoms with Crippen LogP contribution in [0, 0.1) is 0 Å². The van der Waals surface area contributed by atoms with Gasteiger partial charge in [0.2, 0.25) is 5.91 Å². The molecule has 0 aliphatic heterocycles. The molecule has 7 heteroatoms. The van der Waals surface area contributed by atoms with Crippen molar-refractivity contribution in [2.75, 3.05) is 5.32 Å². The first-order valence-corrected chi connectivity index (χ1v) is 6.06. The van der Waals surface area contributed by atoms with E-state index in [4.69, 9.17) is 5.11 Å². The van der Waals surface area contributed by atoms with Crippen LogP contribution in [0.2, 0.25) is 0 Å². The molecule has 1 heterocycles. The highest BCUT2D eigenvalue weighted by molar-refractivity contribution is 5.90. The monoisotopic (exact) mass is 274 g/mol. The van der Waals surface area contributed by atoms with Gasteiger partial charge >= 0.3 is 5.97 Å². The zero-order valence-electron chi connectivity index (χ0n) is 10.7. The summed E-state index contributed by atoms with van der Waals surface area (Å²) in [6.07, 6.45) is 3.16. The SMILES string of the molecule is O=C(O)Cc1cccc(NC(=O)CCn2cncn2)c1. The summed E-state index contributed by atoms with van der Waals surface area (Å²) >= 11 is 0. The van der Waals surface area contributed by atoms with Gasteiger partial charge in [-0.05, 0) is 17.7 Å². The van der Waals surface area contributed by atoms with Crippen LogP contribution in [0.25, 0.3) is 0 Å². The second kappa shape index (κ2) is 6.46. The van der Waals surface area contributed by atoms with Crippen molar-refractivity contribution in [1.82, 2.24) is 14.8 Å². The number of amides is 1. The predicted molar refractivity (Wildman–Crippen MR) is 71.1 cm³/mol. The van der Waals surface area contributed by atoms with E-state index in [0.29, 0.717) is 17.8 Å². The summed E-state index contributed by atoms with van der Waals surface area (Å²) in [5.74, 6) is -1.06. The first-order chi connectivity index (χ1) is 9.63. The number of aliphatic carboxylic acids is 1. The summed E-state index contributed by atoms with van der Waals surface area (Å²) in [4.78, 5) is 26.2. The second-order valence-corrected chi connectivity index (χ2v) is 4.23. The molecule has 1 aromatic carbocycles. The number of carboxylic acids is 1.